The quantitative estimate of drug-likeness (QED) is 0.0422. The number of amides is 3. The highest BCUT2D eigenvalue weighted by molar-refractivity contribution is 7.81. The summed E-state index contributed by atoms with van der Waals surface area (Å²) in [5, 5.41) is 93.7. The number of nitrogens with one attached hydrogen (secondary N) is 3. The number of aliphatic hydroxyl groups excluding tert-OH is 7. The van der Waals surface area contributed by atoms with Crippen LogP contribution in [0.4, 0.5) is 0 Å². The maximum atomic E-state index is 13.9. The van der Waals surface area contributed by atoms with Crippen molar-refractivity contribution in [3.8, 4) is 0 Å². The zero-order valence-corrected chi connectivity index (χ0v) is 36.2. The number of hydrogen-bond donors (Lipinski definition) is 13. The number of aliphatic hydroxyl groups is 7. The van der Waals surface area contributed by atoms with E-state index in [0.717, 1.165) is 21.0 Å². The van der Waals surface area contributed by atoms with Gasteiger partial charge in [-0.3, -0.25) is 23.7 Å². The number of hydrogen-bond acceptors (Lipinski definition) is 24. The summed E-state index contributed by atoms with van der Waals surface area (Å²) in [6.45, 7) is 0.904. The molecular formula is C34H55N3O25S2. The first-order chi connectivity index (χ1) is 30.0. The molecule has 368 valence electrons. The van der Waals surface area contributed by atoms with Crippen LogP contribution in [0.25, 0.3) is 0 Å². The van der Waals surface area contributed by atoms with E-state index in [2.05, 4.69) is 32.8 Å². The number of aliphatic carboxylic acids is 1. The SMILES string of the molecule is COC1C(C(=O)O)OC(OC2C(O)C(CO)OC(OC3C(C(=O)CNC(=O)CCS)OC(OC4C(O)C(CO)OC(C)C4NC(C)=O)C(O)C3O)C2NC(C)=O)C(OS(=O)(=O)O)C1O. The molecular weight excluding hydrogens is 915 g/mol. The number of carbonyl (C=O) groups is 5. The van der Waals surface area contributed by atoms with Gasteiger partial charge in [-0.15, -0.1) is 0 Å². The zero-order chi connectivity index (χ0) is 48.0. The predicted octanol–water partition coefficient (Wildman–Crippen LogP) is -7.80. The Morgan fingerprint density at radius 1 is 0.672 bits per heavy atom. The average molecular weight is 970 g/mol. The van der Waals surface area contributed by atoms with Crippen LogP contribution < -0.4 is 16.0 Å². The molecule has 4 saturated heterocycles. The third-order valence-electron chi connectivity index (χ3n) is 10.5. The highest BCUT2D eigenvalue weighted by Gasteiger charge is 2.58. The minimum atomic E-state index is -5.50. The molecule has 0 saturated carbocycles. The standard InChI is InChI=1S/C34H55N3O25S2/c1-10-17(36-11(2)40)25(19(44)14(8-38)55-10)58-33-22(47)21(46)28(24(57-33)13(42)7-35-16(43)5-6-63)60-32-18(37-12(3)41)26(20(45)15(9-39)56-32)59-34-29(62-64(51,52)53)23(48)27(54-4)30(61-34)31(49)50/h10,14-15,17-30,32-34,38-39,44-48,63H,5-9H2,1-4H3,(H,35,43)(H,36,40)(H,37,41)(H,49,50)(H,51,52,53). The minimum absolute atomic E-state index is 0.0742. The van der Waals surface area contributed by atoms with Crippen LogP contribution in [-0.4, -0.2) is 238 Å². The molecule has 3 amide bonds. The van der Waals surface area contributed by atoms with E-state index in [1.54, 1.807) is 0 Å². The molecule has 0 aliphatic carbocycles. The fraction of sp³-hybridized carbons (Fsp3) is 0.853. The molecule has 0 aromatic carbocycles. The lowest BCUT2D eigenvalue weighted by atomic mass is 9.92. The Labute approximate surface area is 370 Å². The molecule has 28 nitrogen and oxygen atoms in total. The fourth-order valence-electron chi connectivity index (χ4n) is 7.56. The number of carboxylic acids is 1. The van der Waals surface area contributed by atoms with Crippen LogP contribution >= 0.6 is 12.6 Å². The van der Waals surface area contributed by atoms with Gasteiger partial charge in [-0.2, -0.15) is 21.0 Å². The smallest absolute Gasteiger partial charge is 0.397 e. The molecule has 12 N–H and O–H groups in total. The molecule has 0 aromatic rings. The minimum Gasteiger partial charge on any atom is -0.479 e. The highest BCUT2D eigenvalue weighted by atomic mass is 32.3. The Kier molecular flexibility index (Phi) is 19.5. The Morgan fingerprint density at radius 2 is 1.20 bits per heavy atom. The van der Waals surface area contributed by atoms with Crippen LogP contribution in [0, 0.1) is 0 Å². The number of ether oxygens (including phenoxy) is 8. The summed E-state index contributed by atoms with van der Waals surface area (Å²) in [7, 11) is -4.57. The lowest BCUT2D eigenvalue weighted by Crippen LogP contribution is -2.71. The lowest BCUT2D eigenvalue weighted by molar-refractivity contribution is -0.364. The van der Waals surface area contributed by atoms with Gasteiger partial charge in [0.25, 0.3) is 0 Å². The second-order valence-corrected chi connectivity index (χ2v) is 16.6. The molecule has 20 atom stereocenters. The topological polar surface area (TPSA) is 421 Å². The van der Waals surface area contributed by atoms with Crippen molar-refractivity contribution >= 4 is 52.5 Å². The van der Waals surface area contributed by atoms with Crippen LogP contribution in [0.3, 0.4) is 0 Å². The molecule has 4 aliphatic rings. The van der Waals surface area contributed by atoms with E-state index >= 15 is 0 Å². The van der Waals surface area contributed by atoms with E-state index in [1.165, 1.54) is 6.92 Å². The van der Waals surface area contributed by atoms with Crippen molar-refractivity contribution in [1.29, 1.82) is 0 Å². The summed E-state index contributed by atoms with van der Waals surface area (Å²) >= 11 is 3.97. The van der Waals surface area contributed by atoms with Gasteiger partial charge < -0.3 is 94.7 Å². The lowest BCUT2D eigenvalue weighted by Gasteiger charge is -2.50. The third-order valence-corrected chi connectivity index (χ3v) is 11.2. The van der Waals surface area contributed by atoms with E-state index < -0.39 is 182 Å². The van der Waals surface area contributed by atoms with Crippen LogP contribution in [0.2, 0.25) is 0 Å². The number of carboxylic acid groups (broad SMARTS) is 1. The van der Waals surface area contributed by atoms with Crippen molar-refractivity contribution in [3.05, 3.63) is 0 Å². The summed E-state index contributed by atoms with van der Waals surface area (Å²) in [6, 6.07) is -3.09. The molecule has 0 bridgehead atoms. The largest absolute Gasteiger partial charge is 0.479 e. The number of thiol groups is 1. The molecule has 4 rings (SSSR count). The van der Waals surface area contributed by atoms with E-state index in [4.69, 9.17) is 37.9 Å². The van der Waals surface area contributed by atoms with Gasteiger partial charge in [0.1, 0.15) is 79.3 Å². The number of Topliss-reactive ketones (excluding diaryl/α,β-unsaturated/α-hetero) is 1. The van der Waals surface area contributed by atoms with Crippen molar-refractivity contribution in [1.82, 2.24) is 16.0 Å². The Morgan fingerprint density at radius 3 is 1.73 bits per heavy atom. The van der Waals surface area contributed by atoms with E-state index in [1.807, 2.05) is 0 Å². The van der Waals surface area contributed by atoms with Gasteiger partial charge in [0.2, 0.25) is 17.7 Å². The van der Waals surface area contributed by atoms with E-state index in [9.17, 15) is 77.8 Å². The van der Waals surface area contributed by atoms with Crippen molar-refractivity contribution in [2.45, 2.75) is 150 Å². The molecule has 30 heteroatoms. The van der Waals surface area contributed by atoms with Crippen molar-refractivity contribution in [3.63, 3.8) is 0 Å². The van der Waals surface area contributed by atoms with Crippen LogP contribution in [0.1, 0.15) is 27.2 Å². The van der Waals surface area contributed by atoms with Gasteiger partial charge in [-0.05, 0) is 12.7 Å². The molecule has 4 heterocycles. The maximum absolute atomic E-state index is 13.9. The highest BCUT2D eigenvalue weighted by Crippen LogP contribution is 2.36. The summed E-state index contributed by atoms with van der Waals surface area (Å²) in [5.74, 6) is -4.98. The Balaban J connectivity index is 1.75. The number of carbonyl (C=O) groups excluding carboxylic acids is 4. The number of ketones is 1. The summed E-state index contributed by atoms with van der Waals surface area (Å²) < 4.78 is 83.1. The third kappa shape index (κ3) is 13.0. The Bertz CT molecular complexity index is 1730. The molecule has 20 unspecified atom stereocenters. The van der Waals surface area contributed by atoms with Crippen molar-refractivity contribution in [2.75, 3.05) is 32.6 Å². The average Bonchev–Trinajstić information content (AvgIpc) is 3.21. The number of methoxy groups -OCH3 is 1. The Hall–Kier alpha value is -2.83. The first-order valence-corrected chi connectivity index (χ1v) is 21.5. The van der Waals surface area contributed by atoms with Gasteiger partial charge in [0, 0.05) is 27.4 Å². The van der Waals surface area contributed by atoms with Crippen LogP contribution in [-0.2, 0) is 76.4 Å². The normalized spacial score (nSPS) is 40.5. The predicted molar refractivity (Wildman–Crippen MR) is 206 cm³/mol. The van der Waals surface area contributed by atoms with Gasteiger partial charge >= 0.3 is 16.4 Å². The van der Waals surface area contributed by atoms with Crippen molar-refractivity contribution in [2.24, 2.45) is 0 Å². The molecule has 0 spiro atoms. The monoisotopic (exact) mass is 969 g/mol. The molecule has 0 aromatic heterocycles. The van der Waals surface area contributed by atoms with Gasteiger partial charge in [0.05, 0.1) is 31.9 Å². The van der Waals surface area contributed by atoms with Crippen LogP contribution in [0.5, 0.6) is 0 Å². The second-order valence-electron chi connectivity index (χ2n) is 15.1. The van der Waals surface area contributed by atoms with Crippen LogP contribution in [0.15, 0.2) is 0 Å². The second kappa shape index (κ2) is 23.3. The summed E-state index contributed by atoms with van der Waals surface area (Å²) in [4.78, 5) is 63.2. The molecule has 4 aliphatic heterocycles. The fourth-order valence-corrected chi connectivity index (χ4v) is 8.25. The maximum Gasteiger partial charge on any atom is 0.397 e. The molecule has 64 heavy (non-hydrogen) atoms. The molecule has 4 fully saturated rings. The van der Waals surface area contributed by atoms with E-state index in [0.29, 0.717) is 0 Å². The summed E-state index contributed by atoms with van der Waals surface area (Å²) in [6.07, 6.45) is -35.5. The van der Waals surface area contributed by atoms with Gasteiger partial charge in [-0.25, -0.2) is 8.98 Å². The summed E-state index contributed by atoms with van der Waals surface area (Å²) in [5.41, 5.74) is 0. The first kappa shape index (κ1) is 53.8. The van der Waals surface area contributed by atoms with Gasteiger partial charge in [0.15, 0.2) is 36.9 Å². The molecule has 0 radical (unpaired) electrons. The first-order valence-electron chi connectivity index (χ1n) is 19.5. The van der Waals surface area contributed by atoms with Crippen molar-refractivity contribution < 1.29 is 120 Å². The number of rotatable bonds is 19. The van der Waals surface area contributed by atoms with E-state index in [-0.39, 0.29) is 12.2 Å². The zero-order valence-electron chi connectivity index (χ0n) is 34.5. The van der Waals surface area contributed by atoms with Gasteiger partial charge in [-0.1, -0.05) is 0 Å².